The lowest BCUT2D eigenvalue weighted by Crippen LogP contribution is -2.46. The van der Waals surface area contributed by atoms with E-state index in [2.05, 4.69) is 55.5 Å². The Morgan fingerprint density at radius 2 is 1.85 bits per heavy atom. The van der Waals surface area contributed by atoms with Crippen molar-refractivity contribution in [3.05, 3.63) is 41.6 Å². The molecule has 0 bridgehead atoms. The predicted molar refractivity (Wildman–Crippen MR) is 75.0 cm³/mol. The van der Waals surface area contributed by atoms with E-state index < -0.39 is 0 Å². The van der Waals surface area contributed by atoms with E-state index in [9.17, 15) is 0 Å². The molecule has 0 amide bonds. The second kappa shape index (κ2) is 5.72. The van der Waals surface area contributed by atoms with Crippen LogP contribution in [0, 0.1) is 11.3 Å². The Labute approximate surface area is 117 Å². The Bertz CT molecular complexity index is 592. The van der Waals surface area contributed by atoms with Crippen LogP contribution < -0.4 is 4.90 Å². The van der Waals surface area contributed by atoms with Gasteiger partial charge in [0.25, 0.3) is 0 Å². The molecule has 1 N–H and O–H groups in total. The number of rotatable bonds is 3. The number of hydrogen-bond donors (Lipinski definition) is 1. The summed E-state index contributed by atoms with van der Waals surface area (Å²) in [5.74, 6) is 0.673. The zero-order valence-electron chi connectivity index (χ0n) is 11.2. The van der Waals surface area contributed by atoms with Gasteiger partial charge in [0.2, 0.25) is 5.69 Å². The quantitative estimate of drug-likeness (QED) is 0.899. The lowest BCUT2D eigenvalue weighted by atomic mass is 10.2. The molecule has 1 aromatic heterocycles. The van der Waals surface area contributed by atoms with E-state index in [0.717, 1.165) is 32.7 Å². The first kappa shape index (κ1) is 12.6. The molecule has 3 rings (SSSR count). The van der Waals surface area contributed by atoms with Gasteiger partial charge in [0.05, 0.1) is 0 Å². The molecule has 1 saturated heterocycles. The van der Waals surface area contributed by atoms with Gasteiger partial charge in [-0.25, -0.2) is 0 Å². The number of benzene rings is 1. The number of H-pyrrole nitrogens is 1. The lowest BCUT2D eigenvalue weighted by molar-refractivity contribution is 0.249. The van der Waals surface area contributed by atoms with Gasteiger partial charge in [-0.15, -0.1) is 10.2 Å². The highest BCUT2D eigenvalue weighted by Gasteiger charge is 2.21. The first-order valence-electron chi connectivity index (χ1n) is 6.69. The van der Waals surface area contributed by atoms with Crippen LogP contribution in [0.15, 0.2) is 30.3 Å². The van der Waals surface area contributed by atoms with Gasteiger partial charge in [-0.05, 0) is 5.56 Å². The molecule has 1 fully saturated rings. The molecule has 102 valence electrons. The number of aromatic amines is 1. The van der Waals surface area contributed by atoms with Crippen molar-refractivity contribution in [1.82, 2.24) is 20.3 Å². The van der Waals surface area contributed by atoms with E-state index in [1.54, 1.807) is 0 Å². The molecule has 1 aliphatic rings. The summed E-state index contributed by atoms with van der Waals surface area (Å²) in [6.07, 6.45) is 0. The van der Waals surface area contributed by atoms with Gasteiger partial charge in [0.1, 0.15) is 6.07 Å². The summed E-state index contributed by atoms with van der Waals surface area (Å²) < 4.78 is 0. The zero-order chi connectivity index (χ0) is 13.8. The minimum absolute atomic E-state index is 0.376. The molecule has 1 aliphatic heterocycles. The third-order valence-electron chi connectivity index (χ3n) is 3.56. The molecule has 2 heterocycles. The minimum atomic E-state index is 0.376. The van der Waals surface area contributed by atoms with Crippen molar-refractivity contribution >= 4 is 5.82 Å². The number of hydrogen-bond acceptors (Lipinski definition) is 5. The van der Waals surface area contributed by atoms with Gasteiger partial charge in [-0.1, -0.05) is 30.3 Å². The number of nitrogens with one attached hydrogen (secondary N) is 1. The van der Waals surface area contributed by atoms with Crippen molar-refractivity contribution < 1.29 is 0 Å². The molecule has 0 radical (unpaired) electrons. The largest absolute Gasteiger partial charge is 0.350 e. The van der Waals surface area contributed by atoms with Crippen molar-refractivity contribution in [2.75, 3.05) is 31.1 Å². The number of piperazine rings is 1. The van der Waals surface area contributed by atoms with Gasteiger partial charge < -0.3 is 4.90 Å². The van der Waals surface area contributed by atoms with Crippen LogP contribution in [0.5, 0.6) is 0 Å². The normalized spacial score (nSPS) is 16.1. The fourth-order valence-corrected chi connectivity index (χ4v) is 2.48. The standard InChI is InChI=1S/C14H16N6/c15-10-13-14(17-18-16-13)20-8-6-19(7-9-20)11-12-4-2-1-3-5-12/h1-5H,6-9,11H2,(H,16,17,18). The third kappa shape index (κ3) is 2.63. The minimum Gasteiger partial charge on any atom is -0.350 e. The first-order chi connectivity index (χ1) is 9.86. The molecular formula is C14H16N6. The van der Waals surface area contributed by atoms with Gasteiger partial charge in [0, 0.05) is 32.7 Å². The van der Waals surface area contributed by atoms with Crippen molar-refractivity contribution in [3.8, 4) is 6.07 Å². The van der Waals surface area contributed by atoms with E-state index in [-0.39, 0.29) is 0 Å². The highest BCUT2D eigenvalue weighted by Crippen LogP contribution is 2.16. The van der Waals surface area contributed by atoms with Crippen LogP contribution >= 0.6 is 0 Å². The summed E-state index contributed by atoms with van der Waals surface area (Å²) in [5, 5.41) is 19.4. The topological polar surface area (TPSA) is 71.8 Å². The molecule has 1 aromatic carbocycles. The Morgan fingerprint density at radius 3 is 2.55 bits per heavy atom. The molecule has 0 spiro atoms. The summed E-state index contributed by atoms with van der Waals surface area (Å²) in [7, 11) is 0. The molecule has 0 aliphatic carbocycles. The Morgan fingerprint density at radius 1 is 1.10 bits per heavy atom. The van der Waals surface area contributed by atoms with Crippen LogP contribution in [-0.4, -0.2) is 46.5 Å². The van der Waals surface area contributed by atoms with Crippen molar-refractivity contribution in [3.63, 3.8) is 0 Å². The Hall–Kier alpha value is -2.39. The Balaban J connectivity index is 1.59. The summed E-state index contributed by atoms with van der Waals surface area (Å²) in [5.41, 5.74) is 1.71. The summed E-state index contributed by atoms with van der Waals surface area (Å²) in [4.78, 5) is 4.53. The van der Waals surface area contributed by atoms with Crippen LogP contribution in [0.3, 0.4) is 0 Å². The fourth-order valence-electron chi connectivity index (χ4n) is 2.48. The van der Waals surface area contributed by atoms with Crippen molar-refractivity contribution in [2.45, 2.75) is 6.54 Å². The maximum atomic E-state index is 8.98. The average molecular weight is 268 g/mol. The van der Waals surface area contributed by atoms with E-state index in [4.69, 9.17) is 5.26 Å². The number of aromatic nitrogens is 3. The van der Waals surface area contributed by atoms with Gasteiger partial charge >= 0.3 is 0 Å². The second-order valence-corrected chi connectivity index (χ2v) is 4.86. The highest BCUT2D eigenvalue weighted by molar-refractivity contribution is 5.49. The number of nitriles is 1. The molecule has 2 aromatic rings. The zero-order valence-corrected chi connectivity index (χ0v) is 11.2. The first-order valence-corrected chi connectivity index (χ1v) is 6.69. The van der Waals surface area contributed by atoms with E-state index in [1.807, 2.05) is 6.07 Å². The predicted octanol–water partition coefficient (Wildman–Crippen LogP) is 0.999. The lowest BCUT2D eigenvalue weighted by Gasteiger charge is -2.34. The average Bonchev–Trinajstić information content (AvgIpc) is 2.98. The summed E-state index contributed by atoms with van der Waals surface area (Å²) >= 11 is 0. The third-order valence-corrected chi connectivity index (χ3v) is 3.56. The monoisotopic (exact) mass is 268 g/mol. The Kier molecular flexibility index (Phi) is 3.61. The maximum Gasteiger partial charge on any atom is 0.206 e. The molecule has 20 heavy (non-hydrogen) atoms. The van der Waals surface area contributed by atoms with Crippen LogP contribution in [0.25, 0.3) is 0 Å². The van der Waals surface area contributed by atoms with Crippen molar-refractivity contribution in [1.29, 1.82) is 5.26 Å². The number of anilines is 1. The number of nitrogens with zero attached hydrogens (tertiary/aromatic N) is 5. The van der Waals surface area contributed by atoms with Crippen molar-refractivity contribution in [2.24, 2.45) is 0 Å². The molecule has 6 nitrogen and oxygen atoms in total. The molecule has 0 atom stereocenters. The van der Waals surface area contributed by atoms with Gasteiger partial charge in [-0.2, -0.15) is 10.5 Å². The molecular weight excluding hydrogens is 252 g/mol. The van der Waals surface area contributed by atoms with Gasteiger partial charge in [0.15, 0.2) is 5.82 Å². The van der Waals surface area contributed by atoms with E-state index >= 15 is 0 Å². The van der Waals surface area contributed by atoms with Crippen LogP contribution in [0.4, 0.5) is 5.82 Å². The molecule has 0 unspecified atom stereocenters. The second-order valence-electron chi connectivity index (χ2n) is 4.86. The summed E-state index contributed by atoms with van der Waals surface area (Å²) in [6, 6.07) is 12.5. The van der Waals surface area contributed by atoms with Gasteiger partial charge in [-0.3, -0.25) is 4.90 Å². The molecule has 0 saturated carbocycles. The van der Waals surface area contributed by atoms with Crippen LogP contribution in [0.2, 0.25) is 0 Å². The molecule has 6 heteroatoms. The highest BCUT2D eigenvalue weighted by atomic mass is 15.4. The van der Waals surface area contributed by atoms with E-state index in [1.165, 1.54) is 5.56 Å². The smallest absolute Gasteiger partial charge is 0.206 e. The fraction of sp³-hybridized carbons (Fsp3) is 0.357. The van der Waals surface area contributed by atoms with E-state index in [0.29, 0.717) is 11.5 Å². The SMILES string of the molecule is N#Cc1n[nH]nc1N1CCN(Cc2ccccc2)CC1. The summed E-state index contributed by atoms with van der Waals surface area (Å²) in [6.45, 7) is 4.64. The van der Waals surface area contributed by atoms with Crippen LogP contribution in [-0.2, 0) is 6.54 Å². The van der Waals surface area contributed by atoms with Crippen LogP contribution in [0.1, 0.15) is 11.3 Å². The maximum absolute atomic E-state index is 8.98.